The lowest BCUT2D eigenvalue weighted by Crippen LogP contribution is -1.91. The molecule has 19 heavy (non-hydrogen) atoms. The van der Waals surface area contributed by atoms with E-state index in [0.717, 1.165) is 10.7 Å². The number of ether oxygens (including phenoxy) is 1. The number of nitrogen functional groups attached to an aromatic ring is 1. The van der Waals surface area contributed by atoms with Gasteiger partial charge in [-0.15, -0.1) is 11.3 Å². The van der Waals surface area contributed by atoms with Gasteiger partial charge in [-0.3, -0.25) is 4.98 Å². The molecule has 5 nitrogen and oxygen atoms in total. The van der Waals surface area contributed by atoms with Crippen molar-refractivity contribution in [2.45, 2.75) is 0 Å². The Hall–Kier alpha value is -2.47. The number of aromatic nitrogens is 3. The Morgan fingerprint density at radius 2 is 1.95 bits per heavy atom. The third-order valence-corrected chi connectivity index (χ3v) is 3.17. The number of hydrogen-bond donors (Lipinski definition) is 1. The average molecular weight is 270 g/mol. The molecular formula is C13H10N4OS. The molecule has 0 spiro atoms. The Kier molecular flexibility index (Phi) is 3.07. The SMILES string of the molecule is Nc1ccc(Oc2ccnc(-c3nccs3)c2)cn1. The normalized spacial score (nSPS) is 10.3. The van der Waals surface area contributed by atoms with E-state index < -0.39 is 0 Å². The van der Waals surface area contributed by atoms with E-state index in [4.69, 9.17) is 10.5 Å². The van der Waals surface area contributed by atoms with Crippen molar-refractivity contribution in [2.24, 2.45) is 0 Å². The highest BCUT2D eigenvalue weighted by Crippen LogP contribution is 2.26. The van der Waals surface area contributed by atoms with E-state index in [1.807, 2.05) is 11.4 Å². The van der Waals surface area contributed by atoms with Crippen LogP contribution in [0.4, 0.5) is 5.82 Å². The summed E-state index contributed by atoms with van der Waals surface area (Å²) < 4.78 is 5.69. The van der Waals surface area contributed by atoms with E-state index in [-0.39, 0.29) is 0 Å². The quantitative estimate of drug-likeness (QED) is 0.792. The fraction of sp³-hybridized carbons (Fsp3) is 0. The first-order chi connectivity index (χ1) is 9.31. The van der Waals surface area contributed by atoms with Gasteiger partial charge in [-0.25, -0.2) is 9.97 Å². The van der Waals surface area contributed by atoms with Crippen molar-refractivity contribution in [3.8, 4) is 22.2 Å². The maximum Gasteiger partial charge on any atom is 0.145 e. The Morgan fingerprint density at radius 3 is 2.68 bits per heavy atom. The van der Waals surface area contributed by atoms with Crippen LogP contribution in [0.5, 0.6) is 11.5 Å². The Balaban J connectivity index is 1.85. The minimum Gasteiger partial charge on any atom is -0.456 e. The zero-order valence-corrected chi connectivity index (χ0v) is 10.7. The fourth-order valence-electron chi connectivity index (χ4n) is 1.53. The molecule has 94 valence electrons. The van der Waals surface area contributed by atoms with Crippen molar-refractivity contribution in [3.05, 3.63) is 48.2 Å². The summed E-state index contributed by atoms with van der Waals surface area (Å²) in [7, 11) is 0. The molecule has 0 radical (unpaired) electrons. The second-order valence-corrected chi connectivity index (χ2v) is 4.63. The standard InChI is InChI=1S/C13H10N4OS/c14-12-2-1-10(8-17-12)18-9-3-4-15-11(7-9)13-16-5-6-19-13/h1-8H,(H2,14,17). The van der Waals surface area contributed by atoms with E-state index in [1.165, 1.54) is 11.3 Å². The molecular weight excluding hydrogens is 260 g/mol. The van der Waals surface area contributed by atoms with E-state index in [1.54, 1.807) is 36.8 Å². The molecule has 3 aromatic heterocycles. The monoisotopic (exact) mass is 270 g/mol. The first-order valence-electron chi connectivity index (χ1n) is 5.56. The number of rotatable bonds is 3. The summed E-state index contributed by atoms with van der Waals surface area (Å²) >= 11 is 1.53. The van der Waals surface area contributed by atoms with E-state index in [2.05, 4.69) is 15.0 Å². The van der Waals surface area contributed by atoms with Crippen LogP contribution in [0.15, 0.2) is 48.2 Å². The highest BCUT2D eigenvalue weighted by molar-refractivity contribution is 7.13. The third-order valence-electron chi connectivity index (χ3n) is 2.38. The molecule has 0 fully saturated rings. The van der Waals surface area contributed by atoms with Gasteiger partial charge in [0.1, 0.15) is 28.0 Å². The Labute approximate surface area is 113 Å². The molecule has 0 atom stereocenters. The van der Waals surface area contributed by atoms with Crippen LogP contribution in [0.2, 0.25) is 0 Å². The molecule has 0 bridgehead atoms. The van der Waals surface area contributed by atoms with E-state index in [9.17, 15) is 0 Å². The lowest BCUT2D eigenvalue weighted by molar-refractivity contribution is 0.480. The molecule has 0 saturated heterocycles. The van der Waals surface area contributed by atoms with Crippen molar-refractivity contribution in [1.82, 2.24) is 15.0 Å². The molecule has 3 rings (SSSR count). The number of pyridine rings is 2. The van der Waals surface area contributed by atoms with Crippen molar-refractivity contribution in [3.63, 3.8) is 0 Å². The minimum atomic E-state index is 0.463. The molecule has 0 amide bonds. The van der Waals surface area contributed by atoms with Gasteiger partial charge in [0.05, 0.1) is 6.20 Å². The zero-order chi connectivity index (χ0) is 13.1. The van der Waals surface area contributed by atoms with Crippen LogP contribution in [-0.4, -0.2) is 15.0 Å². The van der Waals surface area contributed by atoms with Gasteiger partial charge >= 0.3 is 0 Å². The summed E-state index contributed by atoms with van der Waals surface area (Å²) in [5.41, 5.74) is 6.31. The molecule has 3 heterocycles. The average Bonchev–Trinajstić information content (AvgIpc) is 2.96. The number of nitrogens with two attached hydrogens (primary N) is 1. The third kappa shape index (κ3) is 2.69. The number of nitrogens with zero attached hydrogens (tertiary/aromatic N) is 3. The van der Waals surface area contributed by atoms with Gasteiger partial charge < -0.3 is 10.5 Å². The van der Waals surface area contributed by atoms with Crippen molar-refractivity contribution in [2.75, 3.05) is 5.73 Å². The highest BCUT2D eigenvalue weighted by Gasteiger charge is 2.04. The first kappa shape index (κ1) is 11.6. The topological polar surface area (TPSA) is 73.9 Å². The van der Waals surface area contributed by atoms with Gasteiger partial charge in [-0.05, 0) is 18.2 Å². The summed E-state index contributed by atoms with van der Waals surface area (Å²) in [6, 6.07) is 7.09. The van der Waals surface area contributed by atoms with Crippen molar-refractivity contribution >= 4 is 17.2 Å². The van der Waals surface area contributed by atoms with Gasteiger partial charge in [0.25, 0.3) is 0 Å². The lowest BCUT2D eigenvalue weighted by Gasteiger charge is -2.06. The second-order valence-electron chi connectivity index (χ2n) is 3.73. The lowest BCUT2D eigenvalue weighted by atomic mass is 10.3. The second kappa shape index (κ2) is 5.03. The molecule has 3 aromatic rings. The van der Waals surface area contributed by atoms with Gasteiger partial charge in [0.15, 0.2) is 0 Å². The van der Waals surface area contributed by atoms with Crippen LogP contribution in [-0.2, 0) is 0 Å². The van der Waals surface area contributed by atoms with Crippen LogP contribution in [0.25, 0.3) is 10.7 Å². The molecule has 0 aliphatic carbocycles. The Bertz CT molecular complexity index is 667. The molecule has 0 aliphatic rings. The summed E-state index contributed by atoms with van der Waals surface area (Å²) in [4.78, 5) is 12.5. The molecule has 2 N–H and O–H groups in total. The smallest absolute Gasteiger partial charge is 0.145 e. The molecule has 0 aliphatic heterocycles. The maximum atomic E-state index is 5.69. The van der Waals surface area contributed by atoms with Gasteiger partial charge in [-0.1, -0.05) is 0 Å². The van der Waals surface area contributed by atoms with Crippen LogP contribution < -0.4 is 10.5 Å². The summed E-state index contributed by atoms with van der Waals surface area (Å²) in [6.07, 6.45) is 5.02. The summed E-state index contributed by atoms with van der Waals surface area (Å²) in [5, 5.41) is 2.77. The van der Waals surface area contributed by atoms with E-state index in [0.29, 0.717) is 17.3 Å². The fourth-order valence-corrected chi connectivity index (χ4v) is 2.13. The maximum absolute atomic E-state index is 5.69. The minimum absolute atomic E-state index is 0.463. The van der Waals surface area contributed by atoms with Crippen LogP contribution in [0, 0.1) is 0 Å². The van der Waals surface area contributed by atoms with Crippen molar-refractivity contribution < 1.29 is 4.74 Å². The largest absolute Gasteiger partial charge is 0.456 e. The molecule has 0 unspecified atom stereocenters. The summed E-state index contributed by atoms with van der Waals surface area (Å²) in [5.74, 6) is 1.78. The first-order valence-corrected chi connectivity index (χ1v) is 6.44. The van der Waals surface area contributed by atoms with Gasteiger partial charge in [-0.2, -0.15) is 0 Å². The highest BCUT2D eigenvalue weighted by atomic mass is 32.1. The number of thiazole rings is 1. The van der Waals surface area contributed by atoms with Crippen LogP contribution >= 0.6 is 11.3 Å². The number of anilines is 1. The molecule has 0 aromatic carbocycles. The molecule has 0 saturated carbocycles. The van der Waals surface area contributed by atoms with E-state index >= 15 is 0 Å². The van der Waals surface area contributed by atoms with Gasteiger partial charge in [0, 0.05) is 23.8 Å². The predicted octanol–water partition coefficient (Wildman–Crippen LogP) is 2.97. The number of hydrogen-bond acceptors (Lipinski definition) is 6. The van der Waals surface area contributed by atoms with Crippen LogP contribution in [0.1, 0.15) is 0 Å². The van der Waals surface area contributed by atoms with Crippen LogP contribution in [0.3, 0.4) is 0 Å². The summed E-state index contributed by atoms with van der Waals surface area (Å²) in [6.45, 7) is 0. The zero-order valence-electron chi connectivity index (χ0n) is 9.85. The predicted molar refractivity (Wildman–Crippen MR) is 74.1 cm³/mol. The van der Waals surface area contributed by atoms with Crippen molar-refractivity contribution in [1.29, 1.82) is 0 Å². The Morgan fingerprint density at radius 1 is 1.00 bits per heavy atom. The van der Waals surface area contributed by atoms with Gasteiger partial charge in [0.2, 0.25) is 0 Å². The molecule has 6 heteroatoms.